The topological polar surface area (TPSA) is 12.0 Å². The molecule has 0 bridgehead atoms. The Morgan fingerprint density at radius 1 is 1.38 bits per heavy atom. The van der Waals surface area contributed by atoms with Crippen molar-refractivity contribution in [1.29, 1.82) is 0 Å². The number of nitrogens with one attached hydrogen (secondary N) is 1. The summed E-state index contributed by atoms with van der Waals surface area (Å²) in [5, 5.41) is 3.41. The van der Waals surface area contributed by atoms with E-state index < -0.39 is 0 Å². The zero-order valence-electron chi connectivity index (χ0n) is 10.1. The predicted molar refractivity (Wildman–Crippen MR) is 77.7 cm³/mol. The Kier molecular flexibility index (Phi) is 3.90. The minimum absolute atomic E-state index is 0.500. The molecule has 0 heterocycles. The largest absolute Gasteiger partial charge is 0.317 e. The van der Waals surface area contributed by atoms with Gasteiger partial charge in [0.2, 0.25) is 0 Å². The summed E-state index contributed by atoms with van der Waals surface area (Å²) >= 11 is 2.36. The summed E-state index contributed by atoms with van der Waals surface area (Å²) in [6.45, 7) is 2.43. The summed E-state index contributed by atoms with van der Waals surface area (Å²) in [5.74, 6) is 0. The van der Waals surface area contributed by atoms with Gasteiger partial charge in [-0.25, -0.2) is 0 Å². The van der Waals surface area contributed by atoms with E-state index in [4.69, 9.17) is 0 Å². The fraction of sp³-hybridized carbons (Fsp3) is 0.571. The summed E-state index contributed by atoms with van der Waals surface area (Å²) in [7, 11) is 2.08. The van der Waals surface area contributed by atoms with E-state index in [-0.39, 0.29) is 0 Å². The molecular weight excluding hydrogens is 309 g/mol. The highest BCUT2D eigenvalue weighted by Gasteiger charge is 2.34. The van der Waals surface area contributed by atoms with Crippen molar-refractivity contribution in [3.63, 3.8) is 0 Å². The van der Waals surface area contributed by atoms with Crippen LogP contribution in [0.5, 0.6) is 0 Å². The average Bonchev–Trinajstić information content (AvgIpc) is 2.64. The van der Waals surface area contributed by atoms with Crippen molar-refractivity contribution in [1.82, 2.24) is 5.32 Å². The third kappa shape index (κ3) is 2.98. The molecule has 1 N–H and O–H groups in total. The molecule has 1 aliphatic rings. The van der Waals surface area contributed by atoms with Crippen molar-refractivity contribution >= 4 is 22.6 Å². The van der Waals surface area contributed by atoms with E-state index in [1.54, 1.807) is 0 Å². The first-order valence-electron chi connectivity index (χ1n) is 6.03. The quantitative estimate of drug-likeness (QED) is 0.836. The Morgan fingerprint density at radius 3 is 2.62 bits per heavy atom. The molecule has 0 amide bonds. The Hall–Kier alpha value is -0.0900. The average molecular weight is 329 g/mol. The lowest BCUT2D eigenvalue weighted by Gasteiger charge is -2.24. The van der Waals surface area contributed by atoms with Crippen LogP contribution < -0.4 is 5.32 Å². The molecule has 0 aliphatic heterocycles. The molecule has 2 unspecified atom stereocenters. The second-order valence-electron chi connectivity index (χ2n) is 5.34. The molecule has 88 valence electrons. The van der Waals surface area contributed by atoms with Crippen LogP contribution in [-0.2, 0) is 6.42 Å². The number of hydrogen-bond donors (Lipinski definition) is 1. The first-order valence-corrected chi connectivity index (χ1v) is 7.11. The second kappa shape index (κ2) is 5.05. The van der Waals surface area contributed by atoms with Crippen LogP contribution in [0.3, 0.4) is 0 Å². The minimum atomic E-state index is 0.500. The van der Waals surface area contributed by atoms with E-state index in [0.717, 1.165) is 6.04 Å². The zero-order chi connectivity index (χ0) is 11.6. The first-order chi connectivity index (χ1) is 7.61. The number of halogens is 1. The predicted octanol–water partition coefficient (Wildman–Crippen LogP) is 3.61. The summed E-state index contributed by atoms with van der Waals surface area (Å²) in [6.07, 6.45) is 5.22. The molecule has 2 heteroatoms. The van der Waals surface area contributed by atoms with Gasteiger partial charge in [-0.3, -0.25) is 0 Å². The van der Waals surface area contributed by atoms with Gasteiger partial charge in [-0.15, -0.1) is 0 Å². The first kappa shape index (κ1) is 12.4. The number of benzene rings is 1. The van der Waals surface area contributed by atoms with Crippen LogP contribution in [0.15, 0.2) is 24.3 Å². The lowest BCUT2D eigenvalue weighted by molar-refractivity contribution is 0.324. The van der Waals surface area contributed by atoms with Gasteiger partial charge in [0.1, 0.15) is 0 Å². The van der Waals surface area contributed by atoms with Gasteiger partial charge >= 0.3 is 0 Å². The maximum Gasteiger partial charge on any atom is 0.0130 e. The molecule has 1 nitrogen and oxygen atoms in total. The third-order valence-electron chi connectivity index (χ3n) is 3.79. The fourth-order valence-corrected chi connectivity index (χ4v) is 3.18. The van der Waals surface area contributed by atoms with Crippen molar-refractivity contribution in [3.8, 4) is 0 Å². The Labute approximate surface area is 112 Å². The van der Waals surface area contributed by atoms with Gasteiger partial charge in [0.15, 0.2) is 0 Å². The second-order valence-corrected chi connectivity index (χ2v) is 6.59. The molecule has 1 aromatic rings. The van der Waals surface area contributed by atoms with Crippen molar-refractivity contribution in [2.75, 3.05) is 7.05 Å². The Bertz CT molecular complexity index is 346. The maximum absolute atomic E-state index is 3.41. The summed E-state index contributed by atoms with van der Waals surface area (Å²) in [4.78, 5) is 0. The van der Waals surface area contributed by atoms with Crippen LogP contribution in [0.25, 0.3) is 0 Å². The fourth-order valence-electron chi connectivity index (χ4n) is 2.82. The molecule has 2 atom stereocenters. The van der Waals surface area contributed by atoms with Gasteiger partial charge in [-0.2, -0.15) is 0 Å². The molecule has 2 rings (SSSR count). The van der Waals surface area contributed by atoms with Gasteiger partial charge in [-0.1, -0.05) is 19.1 Å². The molecule has 0 saturated heterocycles. The maximum atomic E-state index is 3.41. The van der Waals surface area contributed by atoms with Gasteiger partial charge in [-0.05, 0) is 78.4 Å². The van der Waals surface area contributed by atoms with E-state index in [9.17, 15) is 0 Å². The van der Waals surface area contributed by atoms with Crippen LogP contribution in [0.4, 0.5) is 0 Å². The molecule has 16 heavy (non-hydrogen) atoms. The summed E-state index contributed by atoms with van der Waals surface area (Å²) in [5.41, 5.74) is 1.99. The summed E-state index contributed by atoms with van der Waals surface area (Å²) in [6, 6.07) is 9.71. The minimum Gasteiger partial charge on any atom is -0.317 e. The Morgan fingerprint density at radius 2 is 2.06 bits per heavy atom. The molecule has 0 radical (unpaired) electrons. The zero-order valence-corrected chi connectivity index (χ0v) is 12.3. The monoisotopic (exact) mass is 329 g/mol. The van der Waals surface area contributed by atoms with E-state index >= 15 is 0 Å². The van der Waals surface area contributed by atoms with Crippen LogP contribution in [-0.4, -0.2) is 13.1 Å². The molecule has 1 aliphatic carbocycles. The normalized spacial score (nSPS) is 29.6. The molecule has 1 saturated carbocycles. The number of hydrogen-bond acceptors (Lipinski definition) is 1. The standard InChI is InChI=1S/C14H20IN/c1-14(8-7-13(10-14)16-2)9-11-3-5-12(15)6-4-11/h3-6,13,16H,7-10H2,1-2H3. The summed E-state index contributed by atoms with van der Waals surface area (Å²) < 4.78 is 1.33. The molecule has 0 spiro atoms. The van der Waals surface area contributed by atoms with E-state index in [0.29, 0.717) is 5.41 Å². The highest BCUT2D eigenvalue weighted by atomic mass is 127. The molecule has 1 aromatic carbocycles. The van der Waals surface area contributed by atoms with Crippen molar-refractivity contribution < 1.29 is 0 Å². The van der Waals surface area contributed by atoms with Crippen LogP contribution in [0, 0.1) is 8.99 Å². The lowest BCUT2D eigenvalue weighted by Crippen LogP contribution is -2.24. The SMILES string of the molecule is CNC1CCC(C)(Cc2ccc(I)cc2)C1. The van der Waals surface area contributed by atoms with Crippen molar-refractivity contribution in [2.24, 2.45) is 5.41 Å². The van der Waals surface area contributed by atoms with Crippen LogP contribution in [0.1, 0.15) is 31.7 Å². The van der Waals surface area contributed by atoms with Gasteiger partial charge < -0.3 is 5.32 Å². The van der Waals surface area contributed by atoms with Gasteiger partial charge in [0.05, 0.1) is 0 Å². The third-order valence-corrected chi connectivity index (χ3v) is 4.51. The van der Waals surface area contributed by atoms with Crippen molar-refractivity contribution in [2.45, 2.75) is 38.6 Å². The Balaban J connectivity index is 2.01. The van der Waals surface area contributed by atoms with Crippen molar-refractivity contribution in [3.05, 3.63) is 33.4 Å². The smallest absolute Gasteiger partial charge is 0.0130 e. The molecule has 0 aromatic heterocycles. The van der Waals surface area contributed by atoms with Gasteiger partial charge in [0.25, 0.3) is 0 Å². The van der Waals surface area contributed by atoms with Crippen LogP contribution >= 0.6 is 22.6 Å². The molecular formula is C14H20IN. The lowest BCUT2D eigenvalue weighted by atomic mass is 9.82. The van der Waals surface area contributed by atoms with Gasteiger partial charge in [0, 0.05) is 9.61 Å². The van der Waals surface area contributed by atoms with E-state index in [1.165, 1.54) is 34.8 Å². The molecule has 1 fully saturated rings. The highest BCUT2D eigenvalue weighted by Crippen LogP contribution is 2.40. The highest BCUT2D eigenvalue weighted by molar-refractivity contribution is 14.1. The van der Waals surface area contributed by atoms with E-state index in [1.807, 2.05) is 0 Å². The van der Waals surface area contributed by atoms with E-state index in [2.05, 4.69) is 66.1 Å². The van der Waals surface area contributed by atoms with Crippen LogP contribution in [0.2, 0.25) is 0 Å². The number of rotatable bonds is 3.